The van der Waals surface area contributed by atoms with Crippen LogP contribution < -0.4 is 5.32 Å². The first-order valence-electron chi connectivity index (χ1n) is 5.80. The van der Waals surface area contributed by atoms with E-state index in [0.717, 1.165) is 19.3 Å². The number of nitrogens with zero attached hydrogens (tertiary/aromatic N) is 2. The van der Waals surface area contributed by atoms with Gasteiger partial charge in [-0.25, -0.2) is 4.98 Å². The van der Waals surface area contributed by atoms with Gasteiger partial charge in [0.05, 0.1) is 16.0 Å². The normalized spacial score (nSPS) is 23.0. The van der Waals surface area contributed by atoms with Crippen LogP contribution in [0.25, 0.3) is 0 Å². The summed E-state index contributed by atoms with van der Waals surface area (Å²) in [4.78, 5) is 13.9. The van der Waals surface area contributed by atoms with Crippen molar-refractivity contribution in [2.24, 2.45) is 5.92 Å². The highest BCUT2D eigenvalue weighted by atomic mass is 35.5. The second-order valence-electron chi connectivity index (χ2n) is 4.42. The van der Waals surface area contributed by atoms with E-state index in [1.54, 1.807) is 0 Å². The minimum absolute atomic E-state index is 0.133. The maximum atomic E-state index is 10.5. The number of aliphatic hydroxyl groups excluding tert-OH is 1. The molecule has 0 bridgehead atoms. The van der Waals surface area contributed by atoms with Crippen LogP contribution in [-0.4, -0.2) is 27.7 Å². The SMILES string of the molecule is O=[N+]([O-])c1cnc(NCC2CCCC2O)c(Cl)c1. The summed E-state index contributed by atoms with van der Waals surface area (Å²) in [6.07, 6.45) is 3.70. The van der Waals surface area contributed by atoms with Crippen molar-refractivity contribution >= 4 is 23.1 Å². The second-order valence-corrected chi connectivity index (χ2v) is 4.83. The molecule has 1 heterocycles. The number of aliphatic hydroxyl groups is 1. The summed E-state index contributed by atoms with van der Waals surface area (Å²) < 4.78 is 0. The molecular weight excluding hydrogens is 258 g/mol. The fourth-order valence-electron chi connectivity index (χ4n) is 2.14. The highest BCUT2D eigenvalue weighted by Crippen LogP contribution is 2.28. The largest absolute Gasteiger partial charge is 0.393 e. The number of anilines is 1. The third-order valence-corrected chi connectivity index (χ3v) is 3.48. The van der Waals surface area contributed by atoms with Gasteiger partial charge in [-0.15, -0.1) is 0 Å². The maximum Gasteiger partial charge on any atom is 0.289 e. The minimum atomic E-state index is -0.538. The summed E-state index contributed by atoms with van der Waals surface area (Å²) in [7, 11) is 0. The summed E-state index contributed by atoms with van der Waals surface area (Å²) in [5, 5.41) is 23.4. The van der Waals surface area contributed by atoms with E-state index in [9.17, 15) is 15.2 Å². The van der Waals surface area contributed by atoms with E-state index in [0.29, 0.717) is 12.4 Å². The molecule has 1 saturated carbocycles. The van der Waals surface area contributed by atoms with Crippen molar-refractivity contribution in [3.05, 3.63) is 27.4 Å². The molecule has 2 rings (SSSR count). The van der Waals surface area contributed by atoms with Crippen LogP contribution >= 0.6 is 11.6 Å². The monoisotopic (exact) mass is 271 g/mol. The predicted molar refractivity (Wildman–Crippen MR) is 67.7 cm³/mol. The van der Waals surface area contributed by atoms with Crippen molar-refractivity contribution in [2.75, 3.05) is 11.9 Å². The summed E-state index contributed by atoms with van der Waals surface area (Å²) in [6, 6.07) is 1.27. The molecule has 0 saturated heterocycles. The number of hydrogen-bond donors (Lipinski definition) is 2. The molecule has 0 aromatic carbocycles. The fraction of sp³-hybridized carbons (Fsp3) is 0.545. The van der Waals surface area contributed by atoms with E-state index in [1.807, 2.05) is 0 Å². The Hall–Kier alpha value is -1.40. The van der Waals surface area contributed by atoms with Gasteiger partial charge in [-0.1, -0.05) is 18.0 Å². The number of halogens is 1. The van der Waals surface area contributed by atoms with Gasteiger partial charge in [-0.2, -0.15) is 0 Å². The van der Waals surface area contributed by atoms with Gasteiger partial charge in [0, 0.05) is 18.5 Å². The van der Waals surface area contributed by atoms with Crippen molar-refractivity contribution in [2.45, 2.75) is 25.4 Å². The van der Waals surface area contributed by atoms with Crippen molar-refractivity contribution < 1.29 is 10.0 Å². The zero-order valence-electron chi connectivity index (χ0n) is 9.67. The maximum absolute atomic E-state index is 10.5. The number of rotatable bonds is 4. The smallest absolute Gasteiger partial charge is 0.289 e. The molecule has 2 atom stereocenters. The van der Waals surface area contributed by atoms with Crippen molar-refractivity contribution in [3.8, 4) is 0 Å². The number of nitrogens with one attached hydrogen (secondary N) is 1. The molecule has 0 radical (unpaired) electrons. The Morgan fingerprint density at radius 3 is 2.94 bits per heavy atom. The van der Waals surface area contributed by atoms with Crippen LogP contribution in [0.5, 0.6) is 0 Å². The molecule has 0 amide bonds. The first-order chi connectivity index (χ1) is 8.58. The predicted octanol–water partition coefficient (Wildman–Crippen LogP) is 2.22. The van der Waals surface area contributed by atoms with Crippen molar-refractivity contribution in [1.29, 1.82) is 0 Å². The molecule has 0 aliphatic heterocycles. The van der Waals surface area contributed by atoms with Gasteiger partial charge in [-0.05, 0) is 12.8 Å². The molecule has 2 N–H and O–H groups in total. The molecule has 1 aromatic rings. The average Bonchev–Trinajstić information content (AvgIpc) is 2.73. The van der Waals surface area contributed by atoms with E-state index in [-0.39, 0.29) is 22.7 Å². The van der Waals surface area contributed by atoms with Gasteiger partial charge in [0.15, 0.2) is 0 Å². The van der Waals surface area contributed by atoms with E-state index in [1.165, 1.54) is 12.3 Å². The lowest BCUT2D eigenvalue weighted by Crippen LogP contribution is -2.22. The Bertz CT molecular complexity index is 455. The van der Waals surface area contributed by atoms with Crippen molar-refractivity contribution in [3.63, 3.8) is 0 Å². The fourth-order valence-corrected chi connectivity index (χ4v) is 2.37. The quantitative estimate of drug-likeness (QED) is 0.647. The second kappa shape index (κ2) is 5.49. The van der Waals surface area contributed by atoms with E-state index in [2.05, 4.69) is 10.3 Å². The lowest BCUT2D eigenvalue weighted by atomic mass is 10.1. The highest BCUT2D eigenvalue weighted by molar-refractivity contribution is 6.33. The highest BCUT2D eigenvalue weighted by Gasteiger charge is 2.25. The Kier molecular flexibility index (Phi) is 3.98. The lowest BCUT2D eigenvalue weighted by Gasteiger charge is -2.15. The van der Waals surface area contributed by atoms with Gasteiger partial charge in [0.25, 0.3) is 5.69 Å². The van der Waals surface area contributed by atoms with E-state index in [4.69, 9.17) is 11.6 Å². The van der Waals surface area contributed by atoms with E-state index < -0.39 is 4.92 Å². The standard InChI is InChI=1S/C11H14ClN3O3/c12-9-4-8(15(17)18)6-14-11(9)13-5-7-2-1-3-10(7)16/h4,6-7,10,16H,1-3,5H2,(H,13,14). The summed E-state index contributed by atoms with van der Waals surface area (Å²) >= 11 is 5.90. The minimum Gasteiger partial charge on any atom is -0.393 e. The summed E-state index contributed by atoms with van der Waals surface area (Å²) in [5.41, 5.74) is -0.133. The molecular formula is C11H14ClN3O3. The van der Waals surface area contributed by atoms with Gasteiger partial charge < -0.3 is 10.4 Å². The van der Waals surface area contributed by atoms with Crippen LogP contribution in [0.2, 0.25) is 5.02 Å². The number of aromatic nitrogens is 1. The summed E-state index contributed by atoms with van der Waals surface area (Å²) in [6.45, 7) is 0.575. The van der Waals surface area contributed by atoms with Gasteiger partial charge in [-0.3, -0.25) is 10.1 Å². The van der Waals surface area contributed by atoms with Crippen LogP contribution in [0.4, 0.5) is 11.5 Å². The van der Waals surface area contributed by atoms with Gasteiger partial charge in [0.2, 0.25) is 0 Å². The summed E-state index contributed by atoms with van der Waals surface area (Å²) in [5.74, 6) is 0.611. The van der Waals surface area contributed by atoms with Crippen LogP contribution in [-0.2, 0) is 0 Å². The number of pyridine rings is 1. The third-order valence-electron chi connectivity index (χ3n) is 3.19. The number of nitro groups is 1. The van der Waals surface area contributed by atoms with Gasteiger partial charge in [0.1, 0.15) is 12.0 Å². The Labute approximate surface area is 109 Å². The van der Waals surface area contributed by atoms with E-state index >= 15 is 0 Å². The van der Waals surface area contributed by atoms with Crippen LogP contribution in [0.15, 0.2) is 12.3 Å². The van der Waals surface area contributed by atoms with Crippen LogP contribution in [0.3, 0.4) is 0 Å². The third kappa shape index (κ3) is 2.88. The van der Waals surface area contributed by atoms with Crippen LogP contribution in [0.1, 0.15) is 19.3 Å². The Morgan fingerprint density at radius 2 is 2.39 bits per heavy atom. The molecule has 1 aliphatic carbocycles. The van der Waals surface area contributed by atoms with Crippen LogP contribution in [0, 0.1) is 16.0 Å². The molecule has 1 aliphatic rings. The van der Waals surface area contributed by atoms with Gasteiger partial charge >= 0.3 is 0 Å². The zero-order chi connectivity index (χ0) is 13.1. The van der Waals surface area contributed by atoms with Crippen molar-refractivity contribution in [1.82, 2.24) is 4.98 Å². The molecule has 7 heteroatoms. The molecule has 2 unspecified atom stereocenters. The molecule has 6 nitrogen and oxygen atoms in total. The zero-order valence-corrected chi connectivity index (χ0v) is 10.4. The average molecular weight is 272 g/mol. The Balaban J connectivity index is 1.99. The lowest BCUT2D eigenvalue weighted by molar-refractivity contribution is -0.385. The first-order valence-corrected chi connectivity index (χ1v) is 6.17. The number of hydrogen-bond acceptors (Lipinski definition) is 5. The Morgan fingerprint density at radius 1 is 1.61 bits per heavy atom. The molecule has 18 heavy (non-hydrogen) atoms. The molecule has 1 aromatic heterocycles. The molecule has 98 valence electrons. The topological polar surface area (TPSA) is 88.3 Å². The molecule has 1 fully saturated rings. The first kappa shape index (κ1) is 13.0. The molecule has 0 spiro atoms.